The summed E-state index contributed by atoms with van der Waals surface area (Å²) >= 11 is 9.51. The molecule has 27 heavy (non-hydrogen) atoms. The zero-order chi connectivity index (χ0) is 19.1. The van der Waals surface area contributed by atoms with Crippen molar-refractivity contribution in [1.82, 2.24) is 15.1 Å². The minimum absolute atomic E-state index is 0.0844. The van der Waals surface area contributed by atoms with E-state index < -0.39 is 0 Å². The summed E-state index contributed by atoms with van der Waals surface area (Å²) in [6, 6.07) is 14.7. The van der Waals surface area contributed by atoms with Gasteiger partial charge in [0.15, 0.2) is 0 Å². The molecule has 1 heterocycles. The Labute approximate surface area is 171 Å². The van der Waals surface area contributed by atoms with Crippen LogP contribution in [0, 0.1) is 0 Å². The smallest absolute Gasteiger partial charge is 0.251 e. The predicted molar refractivity (Wildman–Crippen MR) is 109 cm³/mol. The van der Waals surface area contributed by atoms with E-state index in [0.717, 1.165) is 23.0 Å². The minimum atomic E-state index is -0.0844. The Hall–Kier alpha value is -2.31. The van der Waals surface area contributed by atoms with Gasteiger partial charge in [-0.3, -0.25) is 9.48 Å². The van der Waals surface area contributed by atoms with E-state index in [4.69, 9.17) is 16.3 Å². The van der Waals surface area contributed by atoms with Crippen LogP contribution >= 0.6 is 27.5 Å². The zero-order valence-corrected chi connectivity index (χ0v) is 16.9. The van der Waals surface area contributed by atoms with Crippen molar-refractivity contribution in [2.24, 2.45) is 0 Å². The van der Waals surface area contributed by atoms with E-state index in [-0.39, 0.29) is 5.91 Å². The summed E-state index contributed by atoms with van der Waals surface area (Å²) in [5.74, 6) is 0.540. The molecule has 0 bridgehead atoms. The molecule has 0 unspecified atom stereocenters. The second-order valence-corrected chi connectivity index (χ2v) is 7.26. The van der Waals surface area contributed by atoms with Crippen LogP contribution in [-0.2, 0) is 13.2 Å². The maximum absolute atomic E-state index is 12.2. The molecule has 0 aliphatic carbocycles. The van der Waals surface area contributed by atoms with Crippen LogP contribution in [0.2, 0.25) is 5.02 Å². The summed E-state index contributed by atoms with van der Waals surface area (Å²) in [7, 11) is 0. The molecule has 2 aromatic carbocycles. The first-order valence-electron chi connectivity index (χ1n) is 8.54. The third-order valence-electron chi connectivity index (χ3n) is 3.91. The first kappa shape index (κ1) is 19.5. The van der Waals surface area contributed by atoms with E-state index in [2.05, 4.69) is 26.3 Å². The van der Waals surface area contributed by atoms with Crippen LogP contribution in [0.15, 0.2) is 65.4 Å². The molecule has 1 N–H and O–H groups in total. The Morgan fingerprint density at radius 2 is 2.04 bits per heavy atom. The van der Waals surface area contributed by atoms with Crippen molar-refractivity contribution < 1.29 is 9.53 Å². The number of aromatic nitrogens is 2. The van der Waals surface area contributed by atoms with Crippen molar-refractivity contribution >= 4 is 33.4 Å². The van der Waals surface area contributed by atoms with Crippen LogP contribution in [0.25, 0.3) is 0 Å². The molecule has 1 amide bonds. The SMILES string of the molecule is O=C(NCCCn1cccn1)c1ccc(COc2ccc(Br)cc2Cl)cc1. The first-order valence-corrected chi connectivity index (χ1v) is 9.71. The maximum Gasteiger partial charge on any atom is 0.251 e. The summed E-state index contributed by atoms with van der Waals surface area (Å²) in [4.78, 5) is 12.2. The van der Waals surface area contributed by atoms with Crippen LogP contribution in [0.1, 0.15) is 22.3 Å². The summed E-state index contributed by atoms with van der Waals surface area (Å²) in [5, 5.41) is 7.60. The minimum Gasteiger partial charge on any atom is -0.487 e. The fourth-order valence-corrected chi connectivity index (χ4v) is 3.21. The molecule has 0 aliphatic rings. The van der Waals surface area contributed by atoms with Gasteiger partial charge in [0, 0.05) is 35.5 Å². The Balaban J connectivity index is 1.45. The molecule has 140 valence electrons. The second kappa shape index (κ2) is 9.58. The molecule has 0 radical (unpaired) electrons. The van der Waals surface area contributed by atoms with Gasteiger partial charge >= 0.3 is 0 Å². The van der Waals surface area contributed by atoms with Crippen LogP contribution in [0.3, 0.4) is 0 Å². The van der Waals surface area contributed by atoms with Gasteiger partial charge in [-0.05, 0) is 48.4 Å². The molecule has 5 nitrogen and oxygen atoms in total. The number of halogens is 2. The average Bonchev–Trinajstić information content (AvgIpc) is 3.18. The van der Waals surface area contributed by atoms with E-state index in [0.29, 0.717) is 29.5 Å². The molecule has 0 aliphatic heterocycles. The van der Waals surface area contributed by atoms with Crippen molar-refractivity contribution in [1.29, 1.82) is 0 Å². The van der Waals surface area contributed by atoms with Gasteiger partial charge in [-0.15, -0.1) is 0 Å². The fraction of sp³-hybridized carbons (Fsp3) is 0.200. The van der Waals surface area contributed by atoms with E-state index >= 15 is 0 Å². The monoisotopic (exact) mass is 447 g/mol. The highest BCUT2D eigenvalue weighted by molar-refractivity contribution is 9.10. The molecule has 1 aromatic heterocycles. The Morgan fingerprint density at radius 3 is 2.74 bits per heavy atom. The van der Waals surface area contributed by atoms with E-state index in [1.807, 2.05) is 41.2 Å². The van der Waals surface area contributed by atoms with Crippen molar-refractivity contribution in [2.45, 2.75) is 19.6 Å². The molecule has 0 saturated carbocycles. The normalized spacial score (nSPS) is 10.6. The summed E-state index contributed by atoms with van der Waals surface area (Å²) in [6.07, 6.45) is 4.48. The number of amides is 1. The topological polar surface area (TPSA) is 56.2 Å². The summed E-state index contributed by atoms with van der Waals surface area (Å²) in [6.45, 7) is 1.76. The number of hydrogen-bond donors (Lipinski definition) is 1. The molecule has 0 fully saturated rings. The van der Waals surface area contributed by atoms with Crippen LogP contribution in [0.5, 0.6) is 5.75 Å². The first-order chi connectivity index (χ1) is 13.1. The summed E-state index contributed by atoms with van der Waals surface area (Å²) in [5.41, 5.74) is 1.59. The molecular formula is C20H19BrClN3O2. The van der Waals surface area contributed by atoms with Gasteiger partial charge in [0.05, 0.1) is 5.02 Å². The van der Waals surface area contributed by atoms with Gasteiger partial charge < -0.3 is 10.1 Å². The van der Waals surface area contributed by atoms with E-state index in [1.54, 1.807) is 24.4 Å². The van der Waals surface area contributed by atoms with Crippen LogP contribution in [-0.4, -0.2) is 22.2 Å². The highest BCUT2D eigenvalue weighted by Crippen LogP contribution is 2.28. The number of ether oxygens (including phenoxy) is 1. The molecule has 0 atom stereocenters. The van der Waals surface area contributed by atoms with Crippen molar-refractivity contribution in [3.8, 4) is 5.75 Å². The fourth-order valence-electron chi connectivity index (χ4n) is 2.48. The molecule has 0 saturated heterocycles. The standard InChI is InChI=1S/C20H19BrClN3O2/c21-17-7-8-19(18(22)13-17)27-14-15-3-5-16(6-4-15)20(26)23-9-1-11-25-12-2-10-24-25/h2-8,10,12-13H,1,9,11,14H2,(H,23,26). The van der Waals surface area contributed by atoms with Gasteiger partial charge in [-0.2, -0.15) is 5.10 Å². The Kier molecular flexibility index (Phi) is 6.90. The maximum atomic E-state index is 12.2. The quantitative estimate of drug-likeness (QED) is 0.508. The van der Waals surface area contributed by atoms with E-state index in [1.165, 1.54) is 0 Å². The Bertz CT molecular complexity index is 883. The van der Waals surface area contributed by atoms with Crippen molar-refractivity contribution in [2.75, 3.05) is 6.54 Å². The molecular weight excluding hydrogens is 430 g/mol. The molecule has 0 spiro atoms. The lowest BCUT2D eigenvalue weighted by Gasteiger charge is -2.09. The van der Waals surface area contributed by atoms with E-state index in [9.17, 15) is 4.79 Å². The highest BCUT2D eigenvalue weighted by atomic mass is 79.9. The molecule has 3 rings (SSSR count). The number of carbonyl (C=O) groups excluding carboxylic acids is 1. The van der Waals surface area contributed by atoms with Gasteiger partial charge in [-0.25, -0.2) is 0 Å². The van der Waals surface area contributed by atoms with Gasteiger partial charge in [0.1, 0.15) is 12.4 Å². The molecule has 3 aromatic rings. The molecule has 7 heteroatoms. The van der Waals surface area contributed by atoms with Crippen LogP contribution < -0.4 is 10.1 Å². The third kappa shape index (κ3) is 5.84. The number of aryl methyl sites for hydroxylation is 1. The second-order valence-electron chi connectivity index (χ2n) is 5.94. The lowest BCUT2D eigenvalue weighted by atomic mass is 10.1. The van der Waals surface area contributed by atoms with Gasteiger partial charge in [0.2, 0.25) is 0 Å². The predicted octanol–water partition coefficient (Wildman–Crippen LogP) is 4.70. The van der Waals surface area contributed by atoms with Crippen molar-refractivity contribution in [3.05, 3.63) is 81.5 Å². The third-order valence-corrected chi connectivity index (χ3v) is 4.70. The number of carbonyl (C=O) groups is 1. The zero-order valence-electron chi connectivity index (χ0n) is 14.6. The highest BCUT2D eigenvalue weighted by Gasteiger charge is 2.06. The largest absolute Gasteiger partial charge is 0.487 e. The number of benzene rings is 2. The number of nitrogens with one attached hydrogen (secondary N) is 1. The lowest BCUT2D eigenvalue weighted by Crippen LogP contribution is -2.25. The lowest BCUT2D eigenvalue weighted by molar-refractivity contribution is 0.0952. The number of hydrogen-bond acceptors (Lipinski definition) is 3. The number of rotatable bonds is 8. The number of nitrogens with zero attached hydrogens (tertiary/aromatic N) is 2. The average molecular weight is 449 g/mol. The summed E-state index contributed by atoms with van der Waals surface area (Å²) < 4.78 is 8.48. The Morgan fingerprint density at radius 1 is 1.22 bits per heavy atom. The van der Waals surface area contributed by atoms with Gasteiger partial charge in [-0.1, -0.05) is 39.7 Å². The van der Waals surface area contributed by atoms with Crippen LogP contribution in [0.4, 0.5) is 0 Å². The van der Waals surface area contributed by atoms with Gasteiger partial charge in [0.25, 0.3) is 5.91 Å². The van der Waals surface area contributed by atoms with Crippen molar-refractivity contribution in [3.63, 3.8) is 0 Å².